The van der Waals surface area contributed by atoms with E-state index in [1.165, 1.54) is 0 Å². The molecule has 2 aliphatic carbocycles. The average Bonchev–Trinajstić information content (AvgIpc) is 2.53. The second kappa shape index (κ2) is 2.97. The standard InChI is InChI=1S/C10H14O4/c1-2-14-9(13)10(8(11)12)6-4-3-5-7(6)10/h6-7H,2-5H2,1H3,(H,11,12). The molecule has 0 aliphatic heterocycles. The molecular weight excluding hydrogens is 184 g/mol. The van der Waals surface area contributed by atoms with Crippen molar-refractivity contribution in [2.75, 3.05) is 6.61 Å². The molecule has 2 saturated carbocycles. The van der Waals surface area contributed by atoms with Crippen molar-refractivity contribution in [2.45, 2.75) is 26.2 Å². The largest absolute Gasteiger partial charge is 0.480 e. The van der Waals surface area contributed by atoms with Crippen molar-refractivity contribution in [3.05, 3.63) is 0 Å². The number of fused-ring (bicyclic) bond motifs is 1. The van der Waals surface area contributed by atoms with E-state index >= 15 is 0 Å². The Bertz CT molecular complexity index is 274. The monoisotopic (exact) mass is 198 g/mol. The van der Waals surface area contributed by atoms with Crippen molar-refractivity contribution < 1.29 is 19.4 Å². The Kier molecular flexibility index (Phi) is 2.01. The van der Waals surface area contributed by atoms with Crippen LogP contribution < -0.4 is 0 Å². The fourth-order valence-corrected chi connectivity index (χ4v) is 2.91. The highest BCUT2D eigenvalue weighted by Crippen LogP contribution is 2.67. The highest BCUT2D eigenvalue weighted by atomic mass is 16.5. The third-order valence-corrected chi connectivity index (χ3v) is 3.54. The minimum atomic E-state index is -1.17. The molecule has 0 saturated heterocycles. The number of carboxylic acids is 1. The van der Waals surface area contributed by atoms with Gasteiger partial charge in [0.1, 0.15) is 0 Å². The smallest absolute Gasteiger partial charge is 0.324 e. The topological polar surface area (TPSA) is 63.6 Å². The summed E-state index contributed by atoms with van der Waals surface area (Å²) < 4.78 is 4.85. The van der Waals surface area contributed by atoms with Crippen LogP contribution in [0.1, 0.15) is 26.2 Å². The van der Waals surface area contributed by atoms with Crippen LogP contribution in [0.5, 0.6) is 0 Å². The Hall–Kier alpha value is -1.06. The van der Waals surface area contributed by atoms with Crippen molar-refractivity contribution in [1.29, 1.82) is 0 Å². The number of esters is 1. The molecule has 4 heteroatoms. The Labute approximate surface area is 82.2 Å². The van der Waals surface area contributed by atoms with Gasteiger partial charge in [-0.25, -0.2) is 0 Å². The zero-order valence-electron chi connectivity index (χ0n) is 8.16. The first-order valence-electron chi connectivity index (χ1n) is 5.06. The van der Waals surface area contributed by atoms with E-state index in [1.54, 1.807) is 6.92 Å². The molecule has 2 fully saturated rings. The van der Waals surface area contributed by atoms with E-state index in [-0.39, 0.29) is 18.4 Å². The molecular formula is C10H14O4. The van der Waals surface area contributed by atoms with Crippen LogP contribution in [0, 0.1) is 17.3 Å². The first kappa shape index (κ1) is 9.49. The number of hydrogen-bond acceptors (Lipinski definition) is 3. The number of carboxylic acid groups (broad SMARTS) is 1. The van der Waals surface area contributed by atoms with Gasteiger partial charge in [-0.05, 0) is 31.6 Å². The number of ether oxygens (including phenoxy) is 1. The van der Waals surface area contributed by atoms with E-state index in [0.717, 1.165) is 19.3 Å². The summed E-state index contributed by atoms with van der Waals surface area (Å²) in [5.74, 6) is -1.44. The molecule has 78 valence electrons. The number of carbonyl (C=O) groups is 2. The molecule has 0 amide bonds. The number of hydrogen-bond donors (Lipinski definition) is 1. The average molecular weight is 198 g/mol. The van der Waals surface area contributed by atoms with Gasteiger partial charge in [0, 0.05) is 0 Å². The second-order valence-corrected chi connectivity index (χ2v) is 4.04. The van der Waals surface area contributed by atoms with Gasteiger partial charge in [0.15, 0.2) is 5.41 Å². The first-order chi connectivity index (χ1) is 6.65. The van der Waals surface area contributed by atoms with Gasteiger partial charge < -0.3 is 9.84 Å². The second-order valence-electron chi connectivity index (χ2n) is 4.04. The lowest BCUT2D eigenvalue weighted by Crippen LogP contribution is -2.32. The van der Waals surface area contributed by atoms with Crippen LogP contribution in [0.3, 0.4) is 0 Å². The molecule has 2 atom stereocenters. The highest BCUT2D eigenvalue weighted by molar-refractivity contribution is 6.04. The van der Waals surface area contributed by atoms with Crippen LogP contribution in [0.25, 0.3) is 0 Å². The van der Waals surface area contributed by atoms with Crippen molar-refractivity contribution >= 4 is 11.9 Å². The summed E-state index contributed by atoms with van der Waals surface area (Å²) in [6.07, 6.45) is 2.76. The van der Waals surface area contributed by atoms with Gasteiger partial charge in [-0.2, -0.15) is 0 Å². The van der Waals surface area contributed by atoms with E-state index in [1.807, 2.05) is 0 Å². The summed E-state index contributed by atoms with van der Waals surface area (Å²) in [5, 5.41) is 9.11. The number of rotatable bonds is 3. The lowest BCUT2D eigenvalue weighted by Gasteiger charge is -2.13. The zero-order chi connectivity index (χ0) is 10.3. The van der Waals surface area contributed by atoms with Crippen LogP contribution in [0.4, 0.5) is 0 Å². The predicted octanol–water partition coefficient (Wildman–Crippen LogP) is 1.05. The summed E-state index contributed by atoms with van der Waals surface area (Å²) in [7, 11) is 0. The van der Waals surface area contributed by atoms with Crippen molar-refractivity contribution in [3.63, 3.8) is 0 Å². The van der Waals surface area contributed by atoms with Gasteiger partial charge in [-0.1, -0.05) is 6.42 Å². The number of carbonyl (C=O) groups excluding carboxylic acids is 1. The maximum Gasteiger partial charge on any atom is 0.324 e. The fourth-order valence-electron chi connectivity index (χ4n) is 2.91. The molecule has 0 bridgehead atoms. The molecule has 4 nitrogen and oxygen atoms in total. The molecule has 14 heavy (non-hydrogen) atoms. The normalized spacial score (nSPS) is 38.9. The van der Waals surface area contributed by atoms with Crippen molar-refractivity contribution in [2.24, 2.45) is 17.3 Å². The van der Waals surface area contributed by atoms with Crippen LogP contribution in [0.2, 0.25) is 0 Å². The van der Waals surface area contributed by atoms with Crippen LogP contribution in [-0.2, 0) is 14.3 Å². The number of aliphatic carboxylic acids is 1. The van der Waals surface area contributed by atoms with Gasteiger partial charge >= 0.3 is 11.9 Å². The van der Waals surface area contributed by atoms with Gasteiger partial charge in [-0.15, -0.1) is 0 Å². The van der Waals surface area contributed by atoms with Crippen LogP contribution >= 0.6 is 0 Å². The predicted molar refractivity (Wildman–Crippen MR) is 47.5 cm³/mol. The summed E-state index contributed by atoms with van der Waals surface area (Å²) in [6, 6.07) is 0. The van der Waals surface area contributed by atoms with Gasteiger partial charge in [0.2, 0.25) is 0 Å². The highest BCUT2D eigenvalue weighted by Gasteiger charge is 2.76. The third kappa shape index (κ3) is 0.938. The maximum atomic E-state index is 11.6. The minimum absolute atomic E-state index is 0.0408. The fraction of sp³-hybridized carbons (Fsp3) is 0.800. The molecule has 0 spiro atoms. The molecule has 2 unspecified atom stereocenters. The van der Waals surface area contributed by atoms with Gasteiger partial charge in [-0.3, -0.25) is 9.59 Å². The lowest BCUT2D eigenvalue weighted by atomic mass is 9.96. The van der Waals surface area contributed by atoms with E-state index in [9.17, 15) is 9.59 Å². The van der Waals surface area contributed by atoms with E-state index in [0.29, 0.717) is 0 Å². The molecule has 1 N–H and O–H groups in total. The molecule has 0 heterocycles. The molecule has 0 aromatic heterocycles. The Morgan fingerprint density at radius 3 is 2.43 bits per heavy atom. The quantitative estimate of drug-likeness (QED) is 0.543. The van der Waals surface area contributed by atoms with E-state index in [2.05, 4.69) is 0 Å². The summed E-state index contributed by atoms with van der Waals surface area (Å²) in [6.45, 7) is 1.96. The Morgan fingerprint density at radius 1 is 1.43 bits per heavy atom. The molecule has 2 aliphatic rings. The summed E-state index contributed by atoms with van der Waals surface area (Å²) in [4.78, 5) is 22.7. The van der Waals surface area contributed by atoms with Crippen molar-refractivity contribution in [1.82, 2.24) is 0 Å². The van der Waals surface area contributed by atoms with Crippen LogP contribution in [0.15, 0.2) is 0 Å². The zero-order valence-corrected chi connectivity index (χ0v) is 8.16. The minimum Gasteiger partial charge on any atom is -0.480 e. The summed E-state index contributed by atoms with van der Waals surface area (Å²) >= 11 is 0. The van der Waals surface area contributed by atoms with Crippen molar-refractivity contribution in [3.8, 4) is 0 Å². The Balaban J connectivity index is 2.18. The SMILES string of the molecule is CCOC(=O)C1(C(=O)O)C2CCCC21. The van der Waals surface area contributed by atoms with E-state index < -0.39 is 17.4 Å². The first-order valence-corrected chi connectivity index (χ1v) is 5.06. The van der Waals surface area contributed by atoms with E-state index in [4.69, 9.17) is 9.84 Å². The lowest BCUT2D eigenvalue weighted by molar-refractivity contribution is -0.163. The van der Waals surface area contributed by atoms with Gasteiger partial charge in [0.05, 0.1) is 6.61 Å². The maximum absolute atomic E-state index is 11.6. The Morgan fingerprint density at radius 2 is 2.00 bits per heavy atom. The molecule has 0 aromatic carbocycles. The van der Waals surface area contributed by atoms with Crippen LogP contribution in [-0.4, -0.2) is 23.7 Å². The third-order valence-electron chi connectivity index (χ3n) is 3.54. The molecule has 0 radical (unpaired) electrons. The molecule has 0 aromatic rings. The summed E-state index contributed by atoms with van der Waals surface area (Å²) in [5.41, 5.74) is -1.17. The molecule has 2 rings (SSSR count). The van der Waals surface area contributed by atoms with Gasteiger partial charge in [0.25, 0.3) is 0 Å².